The molecule has 0 atom stereocenters. The van der Waals surface area contributed by atoms with Crippen molar-refractivity contribution in [1.29, 1.82) is 0 Å². The highest BCUT2D eigenvalue weighted by Gasteiger charge is 2.33. The molecule has 2 rings (SSSR count). The smallest absolute Gasteiger partial charge is 0.396 e. The van der Waals surface area contributed by atoms with Gasteiger partial charge < -0.3 is 5.11 Å². The minimum absolute atomic E-state index is 0.108. The van der Waals surface area contributed by atoms with Gasteiger partial charge in [-0.2, -0.15) is 13.2 Å². The summed E-state index contributed by atoms with van der Waals surface area (Å²) in [6.07, 6.45) is -3.79. The summed E-state index contributed by atoms with van der Waals surface area (Å²) >= 11 is 0. The van der Waals surface area contributed by atoms with Gasteiger partial charge in [-0.25, -0.2) is 0 Å². The second-order valence-corrected chi connectivity index (χ2v) is 4.68. The standard InChI is InChI=1S/C15H15F3O/c1-10-4-5-11-9-14(15(16,17)18)12(3-2-6-19)8-13(11)7-10/h4-5,7-9,19H,2-3,6H2,1H3. The quantitative estimate of drug-likeness (QED) is 0.888. The lowest BCUT2D eigenvalue weighted by molar-refractivity contribution is -0.138. The summed E-state index contributed by atoms with van der Waals surface area (Å²) in [6.45, 7) is 1.80. The highest BCUT2D eigenvalue weighted by Crippen LogP contribution is 2.35. The van der Waals surface area contributed by atoms with Gasteiger partial charge in [0, 0.05) is 6.61 Å². The van der Waals surface area contributed by atoms with Crippen molar-refractivity contribution < 1.29 is 18.3 Å². The lowest BCUT2D eigenvalue weighted by atomic mass is 9.96. The third-order valence-corrected chi connectivity index (χ3v) is 3.13. The van der Waals surface area contributed by atoms with Crippen molar-refractivity contribution in [3.8, 4) is 0 Å². The Balaban J connectivity index is 2.60. The molecular weight excluding hydrogens is 253 g/mol. The predicted octanol–water partition coefficient (Wildman–Crippen LogP) is 4.09. The molecule has 102 valence electrons. The third kappa shape index (κ3) is 3.07. The first-order valence-corrected chi connectivity index (χ1v) is 6.13. The van der Waals surface area contributed by atoms with Crippen molar-refractivity contribution in [2.24, 2.45) is 0 Å². The average molecular weight is 268 g/mol. The molecule has 0 unspecified atom stereocenters. The van der Waals surface area contributed by atoms with Crippen LogP contribution in [0.25, 0.3) is 10.8 Å². The van der Waals surface area contributed by atoms with E-state index in [0.717, 1.165) is 10.9 Å². The minimum atomic E-state index is -4.36. The molecule has 0 heterocycles. The summed E-state index contributed by atoms with van der Waals surface area (Å²) < 4.78 is 39.1. The number of aliphatic hydroxyl groups excluding tert-OH is 1. The van der Waals surface area contributed by atoms with Crippen LogP contribution >= 0.6 is 0 Å². The van der Waals surface area contributed by atoms with Gasteiger partial charge in [-0.05, 0) is 42.2 Å². The van der Waals surface area contributed by atoms with Crippen LogP contribution in [0, 0.1) is 6.92 Å². The van der Waals surface area contributed by atoms with Crippen molar-refractivity contribution in [2.75, 3.05) is 6.61 Å². The van der Waals surface area contributed by atoms with Crippen molar-refractivity contribution in [3.05, 3.63) is 47.0 Å². The highest BCUT2D eigenvalue weighted by atomic mass is 19.4. The maximum absolute atomic E-state index is 13.0. The molecule has 0 saturated carbocycles. The van der Waals surface area contributed by atoms with Crippen LogP contribution in [0.4, 0.5) is 13.2 Å². The molecule has 0 aliphatic rings. The number of fused-ring (bicyclic) bond motifs is 1. The Bertz CT molecular complexity index is 588. The molecule has 1 nitrogen and oxygen atoms in total. The van der Waals surface area contributed by atoms with E-state index in [1.54, 1.807) is 18.2 Å². The van der Waals surface area contributed by atoms with Crippen molar-refractivity contribution in [1.82, 2.24) is 0 Å². The van der Waals surface area contributed by atoms with E-state index in [4.69, 9.17) is 5.11 Å². The molecule has 2 aromatic carbocycles. The molecule has 19 heavy (non-hydrogen) atoms. The van der Waals surface area contributed by atoms with Crippen LogP contribution in [-0.4, -0.2) is 11.7 Å². The van der Waals surface area contributed by atoms with Gasteiger partial charge in [0.25, 0.3) is 0 Å². The van der Waals surface area contributed by atoms with Crippen LogP contribution in [0.1, 0.15) is 23.1 Å². The number of rotatable bonds is 3. The monoisotopic (exact) mass is 268 g/mol. The number of aryl methyl sites for hydroxylation is 2. The van der Waals surface area contributed by atoms with Crippen LogP contribution in [-0.2, 0) is 12.6 Å². The second kappa shape index (κ2) is 5.21. The fraction of sp³-hybridized carbons (Fsp3) is 0.333. The number of hydrogen-bond donors (Lipinski definition) is 1. The first kappa shape index (κ1) is 13.9. The maximum Gasteiger partial charge on any atom is 0.416 e. The van der Waals surface area contributed by atoms with E-state index in [9.17, 15) is 13.2 Å². The lowest BCUT2D eigenvalue weighted by Gasteiger charge is -2.14. The molecule has 0 saturated heterocycles. The molecule has 0 aliphatic carbocycles. The summed E-state index contributed by atoms with van der Waals surface area (Å²) in [5.41, 5.74) is 0.664. The first-order valence-electron chi connectivity index (χ1n) is 6.13. The molecule has 2 aromatic rings. The Hall–Kier alpha value is -1.55. The largest absolute Gasteiger partial charge is 0.416 e. The second-order valence-electron chi connectivity index (χ2n) is 4.68. The van der Waals surface area contributed by atoms with Gasteiger partial charge in [0.15, 0.2) is 0 Å². The number of alkyl halides is 3. The van der Waals surface area contributed by atoms with Gasteiger partial charge in [0.05, 0.1) is 5.56 Å². The van der Waals surface area contributed by atoms with E-state index in [0.29, 0.717) is 11.8 Å². The van der Waals surface area contributed by atoms with E-state index in [2.05, 4.69) is 0 Å². The van der Waals surface area contributed by atoms with E-state index in [-0.39, 0.29) is 18.6 Å². The van der Waals surface area contributed by atoms with Crippen molar-refractivity contribution in [2.45, 2.75) is 25.9 Å². The third-order valence-electron chi connectivity index (χ3n) is 3.13. The van der Waals surface area contributed by atoms with E-state index >= 15 is 0 Å². The predicted molar refractivity (Wildman–Crippen MR) is 69.1 cm³/mol. The van der Waals surface area contributed by atoms with Gasteiger partial charge in [-0.1, -0.05) is 29.8 Å². The van der Waals surface area contributed by atoms with E-state index in [1.807, 2.05) is 13.0 Å². The van der Waals surface area contributed by atoms with Crippen LogP contribution in [0.3, 0.4) is 0 Å². The number of benzene rings is 2. The van der Waals surface area contributed by atoms with Gasteiger partial charge in [0.1, 0.15) is 0 Å². The van der Waals surface area contributed by atoms with Gasteiger partial charge >= 0.3 is 6.18 Å². The zero-order valence-electron chi connectivity index (χ0n) is 10.6. The molecule has 0 fully saturated rings. The number of halogens is 3. The molecule has 0 aromatic heterocycles. The zero-order valence-corrected chi connectivity index (χ0v) is 10.6. The number of hydrogen-bond acceptors (Lipinski definition) is 1. The molecule has 0 spiro atoms. The van der Waals surface area contributed by atoms with Gasteiger partial charge in [-0.3, -0.25) is 0 Å². The Morgan fingerprint density at radius 3 is 2.42 bits per heavy atom. The first-order chi connectivity index (χ1) is 8.91. The SMILES string of the molecule is Cc1ccc2cc(C(F)(F)F)c(CCCO)cc2c1. The summed E-state index contributed by atoms with van der Waals surface area (Å²) in [7, 11) is 0. The topological polar surface area (TPSA) is 20.2 Å². The molecule has 1 N–H and O–H groups in total. The summed E-state index contributed by atoms with van der Waals surface area (Å²) in [5, 5.41) is 10.2. The Morgan fingerprint density at radius 1 is 1.05 bits per heavy atom. The molecular formula is C15H15F3O. The summed E-state index contributed by atoms with van der Waals surface area (Å²) in [4.78, 5) is 0. The van der Waals surface area contributed by atoms with Gasteiger partial charge in [-0.15, -0.1) is 0 Å². The lowest BCUT2D eigenvalue weighted by Crippen LogP contribution is -2.09. The zero-order chi connectivity index (χ0) is 14.0. The molecule has 0 radical (unpaired) electrons. The summed E-state index contributed by atoms with van der Waals surface area (Å²) in [5.74, 6) is 0. The average Bonchev–Trinajstić information content (AvgIpc) is 2.33. The van der Waals surface area contributed by atoms with Crippen LogP contribution in [0.15, 0.2) is 30.3 Å². The fourth-order valence-electron chi connectivity index (χ4n) is 2.20. The van der Waals surface area contributed by atoms with E-state index < -0.39 is 11.7 Å². The minimum Gasteiger partial charge on any atom is -0.396 e. The Morgan fingerprint density at radius 2 is 1.79 bits per heavy atom. The highest BCUT2D eigenvalue weighted by molar-refractivity contribution is 5.85. The van der Waals surface area contributed by atoms with Gasteiger partial charge in [0.2, 0.25) is 0 Å². The van der Waals surface area contributed by atoms with Crippen molar-refractivity contribution >= 4 is 10.8 Å². The molecule has 0 amide bonds. The molecule has 4 heteroatoms. The molecule has 0 bridgehead atoms. The Kier molecular flexibility index (Phi) is 3.80. The van der Waals surface area contributed by atoms with Crippen LogP contribution < -0.4 is 0 Å². The number of aliphatic hydroxyl groups is 1. The Labute approximate surface area is 109 Å². The van der Waals surface area contributed by atoms with E-state index in [1.165, 1.54) is 6.07 Å². The fourth-order valence-corrected chi connectivity index (χ4v) is 2.20. The van der Waals surface area contributed by atoms with Crippen LogP contribution in [0.2, 0.25) is 0 Å². The van der Waals surface area contributed by atoms with Crippen molar-refractivity contribution in [3.63, 3.8) is 0 Å². The molecule has 0 aliphatic heterocycles. The maximum atomic E-state index is 13.0. The van der Waals surface area contributed by atoms with Crippen LogP contribution in [0.5, 0.6) is 0 Å². The normalized spacial score (nSPS) is 12.1. The summed E-state index contributed by atoms with van der Waals surface area (Å²) in [6, 6.07) is 8.16.